The van der Waals surface area contributed by atoms with Crippen LogP contribution in [-0.4, -0.2) is 21.0 Å². The second-order valence-electron chi connectivity index (χ2n) is 4.30. The van der Waals surface area contributed by atoms with Crippen LogP contribution in [0.25, 0.3) is 0 Å². The molecule has 106 valence electrons. The molecule has 0 aliphatic carbocycles. The number of hydrogen-bond acceptors (Lipinski definition) is 4. The van der Waals surface area contributed by atoms with E-state index in [1.807, 2.05) is 13.8 Å². The van der Waals surface area contributed by atoms with E-state index < -0.39 is 16.0 Å². The zero-order valence-corrected chi connectivity index (χ0v) is 12.6. The molecule has 0 aromatic heterocycles. The summed E-state index contributed by atoms with van der Waals surface area (Å²) in [6, 6.07) is 2.13. The first-order valence-corrected chi connectivity index (χ1v) is 7.62. The number of halogens is 2. The van der Waals surface area contributed by atoms with Crippen LogP contribution in [-0.2, 0) is 14.8 Å². The molecule has 0 saturated carbocycles. The summed E-state index contributed by atoms with van der Waals surface area (Å²) in [6.45, 7) is 3.91. The maximum absolute atomic E-state index is 11.8. The first-order chi connectivity index (χ1) is 8.62. The molecule has 19 heavy (non-hydrogen) atoms. The van der Waals surface area contributed by atoms with E-state index in [2.05, 4.69) is 0 Å². The third kappa shape index (κ3) is 4.35. The van der Waals surface area contributed by atoms with Gasteiger partial charge in [0.2, 0.25) is 10.0 Å². The van der Waals surface area contributed by atoms with Crippen molar-refractivity contribution < 1.29 is 17.9 Å². The molecule has 0 atom stereocenters. The zero-order valence-electron chi connectivity index (χ0n) is 10.3. The predicted molar refractivity (Wildman–Crippen MR) is 73.0 cm³/mol. The Morgan fingerprint density at radius 2 is 1.95 bits per heavy atom. The van der Waals surface area contributed by atoms with Gasteiger partial charge in [0.25, 0.3) is 0 Å². The SMILES string of the molecule is CC(C)COC(=O)c1cc(S(N)(=O)=O)cc(Cl)c1Cl. The Morgan fingerprint density at radius 1 is 1.37 bits per heavy atom. The summed E-state index contributed by atoms with van der Waals surface area (Å²) in [7, 11) is -3.98. The molecule has 0 heterocycles. The molecule has 0 bridgehead atoms. The van der Waals surface area contributed by atoms with Gasteiger partial charge in [0, 0.05) is 0 Å². The highest BCUT2D eigenvalue weighted by Crippen LogP contribution is 2.29. The van der Waals surface area contributed by atoms with E-state index in [1.54, 1.807) is 0 Å². The van der Waals surface area contributed by atoms with Gasteiger partial charge in [-0.3, -0.25) is 0 Å². The number of hydrogen-bond donors (Lipinski definition) is 1. The third-order valence-corrected chi connectivity index (χ3v) is 3.79. The van der Waals surface area contributed by atoms with Gasteiger partial charge < -0.3 is 4.74 Å². The number of carbonyl (C=O) groups is 1. The Labute approximate surface area is 121 Å². The Morgan fingerprint density at radius 3 is 2.42 bits per heavy atom. The van der Waals surface area contributed by atoms with Gasteiger partial charge in [-0.05, 0) is 18.1 Å². The highest BCUT2D eigenvalue weighted by molar-refractivity contribution is 7.89. The first kappa shape index (κ1) is 16.2. The monoisotopic (exact) mass is 325 g/mol. The van der Waals surface area contributed by atoms with Gasteiger partial charge in [-0.25, -0.2) is 18.4 Å². The first-order valence-electron chi connectivity index (χ1n) is 5.32. The molecule has 0 aliphatic rings. The van der Waals surface area contributed by atoms with Crippen molar-refractivity contribution in [1.82, 2.24) is 0 Å². The van der Waals surface area contributed by atoms with E-state index in [9.17, 15) is 13.2 Å². The summed E-state index contributed by atoms with van der Waals surface area (Å²) in [6.07, 6.45) is 0. The number of nitrogens with two attached hydrogens (primary N) is 1. The lowest BCUT2D eigenvalue weighted by atomic mass is 10.2. The molecule has 0 saturated heterocycles. The number of sulfonamides is 1. The summed E-state index contributed by atoms with van der Waals surface area (Å²) in [4.78, 5) is 11.5. The average molecular weight is 326 g/mol. The minimum absolute atomic E-state index is 0.0668. The van der Waals surface area contributed by atoms with Crippen molar-refractivity contribution in [2.45, 2.75) is 18.7 Å². The molecule has 1 aromatic carbocycles. The van der Waals surface area contributed by atoms with Gasteiger partial charge in [-0.1, -0.05) is 37.0 Å². The minimum Gasteiger partial charge on any atom is -0.462 e. The fourth-order valence-corrected chi connectivity index (χ4v) is 2.23. The molecular weight excluding hydrogens is 313 g/mol. The molecule has 0 fully saturated rings. The van der Waals surface area contributed by atoms with E-state index in [4.69, 9.17) is 33.1 Å². The van der Waals surface area contributed by atoms with Crippen LogP contribution in [0.2, 0.25) is 10.0 Å². The molecule has 1 rings (SSSR count). The van der Waals surface area contributed by atoms with Gasteiger partial charge in [0.15, 0.2) is 0 Å². The standard InChI is InChI=1S/C11H13Cl2NO4S/c1-6(2)5-18-11(15)8-3-7(19(14,16)17)4-9(12)10(8)13/h3-4,6H,5H2,1-2H3,(H2,14,16,17). The Balaban J connectivity index is 3.20. The molecule has 0 unspecified atom stereocenters. The van der Waals surface area contributed by atoms with Crippen molar-refractivity contribution >= 4 is 39.2 Å². The van der Waals surface area contributed by atoms with E-state index in [1.165, 1.54) is 0 Å². The van der Waals surface area contributed by atoms with Crippen LogP contribution in [0.3, 0.4) is 0 Å². The average Bonchev–Trinajstić information content (AvgIpc) is 2.27. The topological polar surface area (TPSA) is 86.5 Å². The lowest BCUT2D eigenvalue weighted by molar-refractivity contribution is 0.0459. The summed E-state index contributed by atoms with van der Waals surface area (Å²) >= 11 is 11.6. The van der Waals surface area contributed by atoms with Gasteiger partial charge in [0.1, 0.15) is 0 Å². The number of benzene rings is 1. The molecule has 0 aliphatic heterocycles. The Hall–Kier alpha value is -0.820. The number of esters is 1. The van der Waals surface area contributed by atoms with Gasteiger partial charge in [0.05, 0.1) is 27.1 Å². The minimum atomic E-state index is -3.98. The second-order valence-corrected chi connectivity index (χ2v) is 6.65. The number of ether oxygens (including phenoxy) is 1. The zero-order chi connectivity index (χ0) is 14.8. The van der Waals surface area contributed by atoms with Crippen molar-refractivity contribution in [3.63, 3.8) is 0 Å². The fraction of sp³-hybridized carbons (Fsp3) is 0.364. The summed E-state index contributed by atoms with van der Waals surface area (Å²) in [5.41, 5.74) is -0.126. The molecule has 0 radical (unpaired) electrons. The van der Waals surface area contributed by atoms with Crippen LogP contribution in [0.1, 0.15) is 24.2 Å². The molecule has 8 heteroatoms. The quantitative estimate of drug-likeness (QED) is 0.861. The van der Waals surface area contributed by atoms with Gasteiger partial charge in [-0.2, -0.15) is 0 Å². The van der Waals surface area contributed by atoms with Crippen LogP contribution in [0.4, 0.5) is 0 Å². The Bertz CT molecular complexity index is 599. The van der Waals surface area contributed by atoms with E-state index in [0.717, 1.165) is 12.1 Å². The van der Waals surface area contributed by atoms with E-state index in [-0.39, 0.29) is 33.0 Å². The lowest BCUT2D eigenvalue weighted by Gasteiger charge is -2.10. The summed E-state index contributed by atoms with van der Waals surface area (Å²) < 4.78 is 27.5. The summed E-state index contributed by atoms with van der Waals surface area (Å²) in [5, 5.41) is 4.84. The molecule has 1 aromatic rings. The van der Waals surface area contributed by atoms with Crippen molar-refractivity contribution in [1.29, 1.82) is 0 Å². The lowest BCUT2D eigenvalue weighted by Crippen LogP contribution is -2.15. The van der Waals surface area contributed by atoms with E-state index >= 15 is 0 Å². The highest BCUT2D eigenvalue weighted by atomic mass is 35.5. The van der Waals surface area contributed by atoms with Crippen LogP contribution < -0.4 is 5.14 Å². The molecule has 0 amide bonds. The number of carbonyl (C=O) groups excluding carboxylic acids is 1. The summed E-state index contributed by atoms with van der Waals surface area (Å²) in [5.74, 6) is -0.606. The molecular formula is C11H13Cl2NO4S. The van der Waals surface area contributed by atoms with Gasteiger partial charge in [-0.15, -0.1) is 0 Å². The maximum Gasteiger partial charge on any atom is 0.339 e. The maximum atomic E-state index is 11.8. The van der Waals surface area contributed by atoms with Crippen LogP contribution >= 0.6 is 23.2 Å². The Kier molecular flexibility index (Phi) is 5.20. The van der Waals surface area contributed by atoms with Crippen molar-refractivity contribution in [3.8, 4) is 0 Å². The van der Waals surface area contributed by atoms with Crippen molar-refractivity contribution in [3.05, 3.63) is 27.7 Å². The second kappa shape index (κ2) is 6.09. The highest BCUT2D eigenvalue weighted by Gasteiger charge is 2.20. The van der Waals surface area contributed by atoms with E-state index in [0.29, 0.717) is 0 Å². The van der Waals surface area contributed by atoms with Crippen LogP contribution in [0, 0.1) is 5.92 Å². The fourth-order valence-electron chi connectivity index (χ4n) is 1.20. The number of primary sulfonamides is 1. The molecule has 5 nitrogen and oxygen atoms in total. The normalized spacial score (nSPS) is 11.7. The predicted octanol–water partition coefficient (Wildman–Crippen LogP) is 2.45. The smallest absolute Gasteiger partial charge is 0.339 e. The molecule has 2 N–H and O–H groups in total. The van der Waals surface area contributed by atoms with Crippen LogP contribution in [0.5, 0.6) is 0 Å². The largest absolute Gasteiger partial charge is 0.462 e. The van der Waals surface area contributed by atoms with Gasteiger partial charge >= 0.3 is 5.97 Å². The molecule has 0 spiro atoms. The number of rotatable bonds is 4. The van der Waals surface area contributed by atoms with Crippen molar-refractivity contribution in [2.75, 3.05) is 6.61 Å². The van der Waals surface area contributed by atoms with Crippen molar-refractivity contribution in [2.24, 2.45) is 11.1 Å². The van der Waals surface area contributed by atoms with Crippen LogP contribution in [0.15, 0.2) is 17.0 Å². The third-order valence-electron chi connectivity index (χ3n) is 2.10.